The molecular weight excluding hydrogens is 517 g/mol. The SMILES string of the molecule is CC[NH+](CC)CC.c1ccc([S][Sn-]([S]c2ccccc2)[S]c2ccccc2)cc1. The zero-order chi connectivity index (χ0) is 20.7. The molecule has 0 radical (unpaired) electrons. The quantitative estimate of drug-likeness (QED) is 0.314. The third-order valence-corrected chi connectivity index (χ3v) is 26.8. The molecule has 3 rings (SSSR count). The standard InChI is InChI=1S/C6H15N.3C6H6S.Sn/c1-4-7(5-2)6-3;3*7-6-4-2-1-3-5-6;/h4-6H2,1-3H3;3*1-5,7H;/q;;;;+2/p-2. The Labute approximate surface area is 192 Å². The van der Waals surface area contributed by atoms with Crippen LogP contribution < -0.4 is 4.90 Å². The maximum absolute atomic E-state index is 2.22. The van der Waals surface area contributed by atoms with Gasteiger partial charge in [-0.2, -0.15) is 0 Å². The molecule has 0 unspecified atom stereocenters. The molecule has 0 aliphatic carbocycles. The number of hydrogen-bond acceptors (Lipinski definition) is 3. The van der Waals surface area contributed by atoms with Gasteiger partial charge in [0.15, 0.2) is 0 Å². The zero-order valence-electron chi connectivity index (χ0n) is 17.5. The van der Waals surface area contributed by atoms with Gasteiger partial charge in [0.25, 0.3) is 0 Å². The summed E-state index contributed by atoms with van der Waals surface area (Å²) in [5.41, 5.74) is 0. The monoisotopic (exact) mass is 549 g/mol. The summed E-state index contributed by atoms with van der Waals surface area (Å²) < 4.78 is 0. The van der Waals surface area contributed by atoms with Crippen LogP contribution in [0.5, 0.6) is 0 Å². The van der Waals surface area contributed by atoms with Gasteiger partial charge in [0.1, 0.15) is 0 Å². The summed E-state index contributed by atoms with van der Waals surface area (Å²) in [5, 5.41) is 0. The van der Waals surface area contributed by atoms with E-state index < -0.39 is 15.6 Å². The molecule has 0 aromatic heterocycles. The molecule has 3 aromatic carbocycles. The van der Waals surface area contributed by atoms with Gasteiger partial charge in [-0.3, -0.25) is 0 Å². The molecule has 0 bridgehead atoms. The van der Waals surface area contributed by atoms with E-state index in [4.69, 9.17) is 0 Å². The van der Waals surface area contributed by atoms with E-state index in [1.165, 1.54) is 34.3 Å². The van der Waals surface area contributed by atoms with Gasteiger partial charge in [0.2, 0.25) is 0 Å². The molecular formula is C24H31NS3Sn. The van der Waals surface area contributed by atoms with Gasteiger partial charge in [-0.15, -0.1) is 0 Å². The molecule has 0 heterocycles. The number of benzene rings is 3. The van der Waals surface area contributed by atoms with Crippen LogP contribution in [0.25, 0.3) is 0 Å². The van der Waals surface area contributed by atoms with Crippen molar-refractivity contribution in [2.45, 2.75) is 35.5 Å². The summed E-state index contributed by atoms with van der Waals surface area (Å²) in [5.74, 6) is 0. The fourth-order valence-corrected chi connectivity index (χ4v) is 27.8. The van der Waals surface area contributed by atoms with E-state index in [2.05, 4.69) is 139 Å². The van der Waals surface area contributed by atoms with Crippen molar-refractivity contribution >= 4 is 42.4 Å². The molecule has 0 spiro atoms. The van der Waals surface area contributed by atoms with E-state index in [9.17, 15) is 0 Å². The second-order valence-corrected chi connectivity index (χ2v) is 28.4. The summed E-state index contributed by atoms with van der Waals surface area (Å²) in [4.78, 5) is 5.86. The van der Waals surface area contributed by atoms with E-state index in [0.717, 1.165) is 0 Å². The first kappa shape index (κ1) is 24.7. The van der Waals surface area contributed by atoms with Gasteiger partial charge in [-0.1, -0.05) is 0 Å². The molecule has 1 nitrogen and oxygen atoms in total. The van der Waals surface area contributed by atoms with Crippen LogP contribution in [0, 0.1) is 0 Å². The van der Waals surface area contributed by atoms with E-state index in [-0.39, 0.29) is 0 Å². The fourth-order valence-electron chi connectivity index (χ4n) is 2.57. The number of nitrogens with one attached hydrogen (secondary N) is 1. The van der Waals surface area contributed by atoms with Gasteiger partial charge >= 0.3 is 148 Å². The first-order valence-electron chi connectivity index (χ1n) is 10.1. The van der Waals surface area contributed by atoms with Gasteiger partial charge in [-0.05, 0) is 20.8 Å². The predicted molar refractivity (Wildman–Crippen MR) is 135 cm³/mol. The molecule has 0 saturated heterocycles. The van der Waals surface area contributed by atoms with Crippen molar-refractivity contribution in [3.63, 3.8) is 0 Å². The van der Waals surface area contributed by atoms with Crippen molar-refractivity contribution in [3.05, 3.63) is 91.0 Å². The Balaban J connectivity index is 0.000000370. The van der Waals surface area contributed by atoms with Crippen molar-refractivity contribution < 1.29 is 4.90 Å². The van der Waals surface area contributed by atoms with Crippen LogP contribution in [0.15, 0.2) is 106 Å². The maximum atomic E-state index is 2.22. The second-order valence-electron chi connectivity index (χ2n) is 6.31. The van der Waals surface area contributed by atoms with Crippen LogP contribution in [-0.4, -0.2) is 35.2 Å². The van der Waals surface area contributed by atoms with Crippen molar-refractivity contribution in [1.29, 1.82) is 0 Å². The van der Waals surface area contributed by atoms with E-state index in [1.807, 2.05) is 0 Å². The van der Waals surface area contributed by atoms with Crippen molar-refractivity contribution in [3.8, 4) is 0 Å². The Hall–Kier alpha value is -0.531. The van der Waals surface area contributed by atoms with Crippen LogP contribution >= 0.6 is 26.8 Å². The summed E-state index contributed by atoms with van der Waals surface area (Å²) in [6.07, 6.45) is 0. The van der Waals surface area contributed by atoms with Crippen LogP contribution in [0.4, 0.5) is 0 Å². The Bertz CT molecular complexity index is 664. The first-order chi connectivity index (χ1) is 14.2. The Morgan fingerprint density at radius 3 is 1.00 bits per heavy atom. The van der Waals surface area contributed by atoms with Gasteiger partial charge < -0.3 is 4.90 Å². The van der Waals surface area contributed by atoms with E-state index in [0.29, 0.717) is 0 Å². The molecule has 1 N–H and O–H groups in total. The summed E-state index contributed by atoms with van der Waals surface area (Å²) in [7, 11) is 6.30. The topological polar surface area (TPSA) is 4.44 Å². The summed E-state index contributed by atoms with van der Waals surface area (Å²) in [6, 6.07) is 32.4. The molecule has 0 aliphatic rings. The van der Waals surface area contributed by atoms with Crippen LogP contribution in [0.1, 0.15) is 20.8 Å². The van der Waals surface area contributed by atoms with Crippen molar-refractivity contribution in [2.75, 3.05) is 19.6 Å². The molecule has 3 aromatic rings. The molecule has 0 amide bonds. The number of rotatable bonds is 9. The van der Waals surface area contributed by atoms with Crippen molar-refractivity contribution in [2.24, 2.45) is 0 Å². The third kappa shape index (κ3) is 10.4. The summed E-state index contributed by atoms with van der Waals surface area (Å²) in [6.45, 7) is 10.5. The molecule has 0 fully saturated rings. The fraction of sp³-hybridized carbons (Fsp3) is 0.250. The van der Waals surface area contributed by atoms with Gasteiger partial charge in [0, 0.05) is 0 Å². The number of hydrogen-bond donors (Lipinski definition) is 1. The molecule has 5 heteroatoms. The third-order valence-electron chi connectivity index (χ3n) is 4.33. The minimum atomic E-state index is -1.81. The molecule has 0 atom stereocenters. The molecule has 0 aliphatic heterocycles. The van der Waals surface area contributed by atoms with Crippen LogP contribution in [0.2, 0.25) is 0 Å². The molecule has 0 saturated carbocycles. The average molecular weight is 548 g/mol. The van der Waals surface area contributed by atoms with Gasteiger partial charge in [-0.25, -0.2) is 0 Å². The zero-order valence-corrected chi connectivity index (χ0v) is 22.8. The minimum absolute atomic E-state index is 1.27. The number of quaternary nitrogens is 1. The van der Waals surface area contributed by atoms with Crippen LogP contribution in [-0.2, 0) is 0 Å². The Morgan fingerprint density at radius 2 is 0.793 bits per heavy atom. The van der Waals surface area contributed by atoms with Crippen LogP contribution in [0.3, 0.4) is 0 Å². The van der Waals surface area contributed by atoms with Gasteiger partial charge in [0.05, 0.1) is 19.6 Å². The molecule has 29 heavy (non-hydrogen) atoms. The summed E-state index contributed by atoms with van der Waals surface area (Å²) >= 11 is -1.81. The second kappa shape index (κ2) is 15.3. The average Bonchev–Trinajstić information content (AvgIpc) is 2.77. The normalized spacial score (nSPS) is 10.7. The molecule has 154 valence electrons. The van der Waals surface area contributed by atoms with E-state index >= 15 is 0 Å². The predicted octanol–water partition coefficient (Wildman–Crippen LogP) is 6.28. The Kier molecular flexibility index (Phi) is 13.0. The van der Waals surface area contributed by atoms with E-state index in [1.54, 1.807) is 4.90 Å². The Morgan fingerprint density at radius 1 is 0.517 bits per heavy atom. The van der Waals surface area contributed by atoms with Crippen molar-refractivity contribution in [1.82, 2.24) is 0 Å². The first-order valence-corrected chi connectivity index (χ1v) is 23.1.